The molecular formula is C23H22ClN3O4S. The van der Waals surface area contributed by atoms with Crippen molar-refractivity contribution in [2.75, 3.05) is 13.7 Å². The van der Waals surface area contributed by atoms with Gasteiger partial charge in [0.25, 0.3) is 5.91 Å². The summed E-state index contributed by atoms with van der Waals surface area (Å²) < 4.78 is 32.7. The van der Waals surface area contributed by atoms with Gasteiger partial charge in [0.15, 0.2) is 0 Å². The number of carbonyl (C=O) groups excluding carboxylic acids is 1. The fourth-order valence-corrected chi connectivity index (χ4v) is 4.43. The van der Waals surface area contributed by atoms with Crippen molar-refractivity contribution >= 4 is 33.7 Å². The number of hydrogen-bond acceptors (Lipinski definition) is 5. The lowest BCUT2D eigenvalue weighted by atomic mass is 10.2. The molecule has 166 valence electrons. The zero-order valence-electron chi connectivity index (χ0n) is 17.3. The van der Waals surface area contributed by atoms with E-state index >= 15 is 0 Å². The summed E-state index contributed by atoms with van der Waals surface area (Å²) in [5.41, 5.74) is 3.74. The maximum Gasteiger partial charge on any atom is 0.255 e. The van der Waals surface area contributed by atoms with Crippen molar-refractivity contribution in [2.45, 2.75) is 11.4 Å². The van der Waals surface area contributed by atoms with Gasteiger partial charge in [0, 0.05) is 17.1 Å². The van der Waals surface area contributed by atoms with Crippen LogP contribution in [0.1, 0.15) is 11.1 Å². The Labute approximate surface area is 192 Å². The number of nitrogens with zero attached hydrogens (tertiary/aromatic N) is 2. The first-order chi connectivity index (χ1) is 15.4. The second-order valence-electron chi connectivity index (χ2n) is 6.75. The predicted octanol–water partition coefficient (Wildman–Crippen LogP) is 3.69. The third-order valence-corrected chi connectivity index (χ3v) is 6.56. The molecule has 1 amide bonds. The van der Waals surface area contributed by atoms with Crippen LogP contribution in [0.3, 0.4) is 0 Å². The van der Waals surface area contributed by atoms with E-state index < -0.39 is 22.5 Å². The standard InChI is InChI=1S/C23H22ClN3O4S/c1-31-22-10-6-5-7-19(22)15-25-26-23(28)17-27(16-18-11-13-20(24)14-12-18)32(29,30)21-8-3-2-4-9-21/h2-15H,16-17H2,1H3,(H,26,28)/b25-15-. The Morgan fingerprint density at radius 1 is 1.03 bits per heavy atom. The van der Waals surface area contributed by atoms with Crippen LogP contribution in [0.4, 0.5) is 0 Å². The van der Waals surface area contributed by atoms with Gasteiger partial charge in [0.05, 0.1) is 24.8 Å². The van der Waals surface area contributed by atoms with Crippen LogP contribution in [0.5, 0.6) is 5.75 Å². The quantitative estimate of drug-likeness (QED) is 0.381. The van der Waals surface area contributed by atoms with Gasteiger partial charge in [-0.3, -0.25) is 4.79 Å². The van der Waals surface area contributed by atoms with Crippen molar-refractivity contribution in [3.63, 3.8) is 0 Å². The summed E-state index contributed by atoms with van der Waals surface area (Å²) in [5.74, 6) is 0.0196. The van der Waals surface area contributed by atoms with Gasteiger partial charge in [-0.15, -0.1) is 0 Å². The molecule has 0 heterocycles. The van der Waals surface area contributed by atoms with E-state index in [1.54, 1.807) is 54.6 Å². The van der Waals surface area contributed by atoms with Gasteiger partial charge >= 0.3 is 0 Å². The third-order valence-electron chi connectivity index (χ3n) is 4.50. The molecule has 0 radical (unpaired) electrons. The number of carbonyl (C=O) groups is 1. The Balaban J connectivity index is 1.78. The van der Waals surface area contributed by atoms with Crippen LogP contribution in [0, 0.1) is 0 Å². The summed E-state index contributed by atoms with van der Waals surface area (Å²) in [7, 11) is -2.39. The first-order valence-electron chi connectivity index (χ1n) is 9.64. The van der Waals surface area contributed by atoms with E-state index in [0.29, 0.717) is 21.9 Å². The number of amides is 1. The molecule has 0 atom stereocenters. The Morgan fingerprint density at radius 2 is 1.69 bits per heavy atom. The van der Waals surface area contributed by atoms with Crippen LogP contribution < -0.4 is 10.2 Å². The Morgan fingerprint density at radius 3 is 2.38 bits per heavy atom. The number of hydrazone groups is 1. The fourth-order valence-electron chi connectivity index (χ4n) is 2.90. The summed E-state index contributed by atoms with van der Waals surface area (Å²) in [6.45, 7) is -0.416. The summed E-state index contributed by atoms with van der Waals surface area (Å²) in [6, 6.07) is 21.9. The number of nitrogens with one attached hydrogen (secondary N) is 1. The zero-order chi connectivity index (χ0) is 23.0. The lowest BCUT2D eigenvalue weighted by molar-refractivity contribution is -0.121. The summed E-state index contributed by atoms with van der Waals surface area (Å²) in [6.07, 6.45) is 1.44. The first-order valence-corrected chi connectivity index (χ1v) is 11.5. The largest absolute Gasteiger partial charge is 0.496 e. The predicted molar refractivity (Wildman–Crippen MR) is 124 cm³/mol. The van der Waals surface area contributed by atoms with E-state index in [2.05, 4.69) is 10.5 Å². The van der Waals surface area contributed by atoms with Gasteiger partial charge in [-0.25, -0.2) is 13.8 Å². The van der Waals surface area contributed by atoms with Crippen molar-refractivity contribution in [2.24, 2.45) is 5.10 Å². The second-order valence-corrected chi connectivity index (χ2v) is 9.12. The number of hydrogen-bond donors (Lipinski definition) is 1. The number of benzene rings is 3. The smallest absolute Gasteiger partial charge is 0.255 e. The Bertz CT molecular complexity index is 1180. The summed E-state index contributed by atoms with van der Waals surface area (Å²) in [5, 5.41) is 4.47. The minimum Gasteiger partial charge on any atom is -0.496 e. The molecule has 1 N–H and O–H groups in total. The SMILES string of the molecule is COc1ccccc1/C=N\NC(=O)CN(Cc1ccc(Cl)cc1)S(=O)(=O)c1ccccc1. The van der Waals surface area contributed by atoms with Crippen molar-refractivity contribution in [3.05, 3.63) is 95.0 Å². The normalized spacial score (nSPS) is 11.6. The van der Waals surface area contributed by atoms with E-state index in [9.17, 15) is 13.2 Å². The van der Waals surface area contributed by atoms with Crippen molar-refractivity contribution in [3.8, 4) is 5.75 Å². The summed E-state index contributed by atoms with van der Waals surface area (Å²) in [4.78, 5) is 12.6. The molecule has 9 heteroatoms. The number of para-hydroxylation sites is 1. The monoisotopic (exact) mass is 471 g/mol. The highest BCUT2D eigenvalue weighted by Crippen LogP contribution is 2.19. The van der Waals surface area contributed by atoms with E-state index in [0.717, 1.165) is 4.31 Å². The number of methoxy groups -OCH3 is 1. The highest BCUT2D eigenvalue weighted by Gasteiger charge is 2.26. The molecule has 0 aromatic heterocycles. The Kier molecular flexibility index (Phi) is 7.99. The molecule has 0 aliphatic rings. The highest BCUT2D eigenvalue weighted by molar-refractivity contribution is 7.89. The topological polar surface area (TPSA) is 88.1 Å². The zero-order valence-corrected chi connectivity index (χ0v) is 18.9. The van der Waals surface area contributed by atoms with Crippen molar-refractivity contribution < 1.29 is 17.9 Å². The number of sulfonamides is 1. The molecule has 0 saturated carbocycles. The second kappa shape index (κ2) is 10.9. The summed E-state index contributed by atoms with van der Waals surface area (Å²) >= 11 is 5.93. The number of ether oxygens (including phenoxy) is 1. The molecule has 0 aliphatic heterocycles. The lowest BCUT2D eigenvalue weighted by Gasteiger charge is -2.21. The minimum atomic E-state index is -3.92. The molecule has 32 heavy (non-hydrogen) atoms. The molecule has 0 spiro atoms. The number of rotatable bonds is 9. The van der Waals surface area contributed by atoms with Crippen LogP contribution in [-0.2, 0) is 21.4 Å². The van der Waals surface area contributed by atoms with Gasteiger partial charge in [-0.05, 0) is 42.0 Å². The van der Waals surface area contributed by atoms with Crippen LogP contribution in [0.15, 0.2) is 88.9 Å². The van der Waals surface area contributed by atoms with E-state index in [1.807, 2.05) is 12.1 Å². The average Bonchev–Trinajstić information content (AvgIpc) is 2.81. The molecule has 3 rings (SSSR count). The van der Waals surface area contributed by atoms with E-state index in [1.165, 1.54) is 25.5 Å². The molecule has 0 fully saturated rings. The van der Waals surface area contributed by atoms with Gasteiger partial charge in [0.1, 0.15) is 5.75 Å². The van der Waals surface area contributed by atoms with Crippen LogP contribution in [-0.4, -0.2) is 38.5 Å². The average molecular weight is 472 g/mol. The molecule has 0 aliphatic carbocycles. The van der Waals surface area contributed by atoms with Crippen LogP contribution in [0.2, 0.25) is 5.02 Å². The fraction of sp³-hybridized carbons (Fsp3) is 0.130. The first kappa shape index (κ1) is 23.5. The van der Waals surface area contributed by atoms with Gasteiger partial charge in [-0.1, -0.05) is 54.1 Å². The highest BCUT2D eigenvalue weighted by atomic mass is 35.5. The number of halogens is 1. The van der Waals surface area contributed by atoms with Crippen molar-refractivity contribution in [1.29, 1.82) is 0 Å². The van der Waals surface area contributed by atoms with E-state index in [4.69, 9.17) is 16.3 Å². The van der Waals surface area contributed by atoms with Crippen LogP contribution >= 0.6 is 11.6 Å². The molecule has 0 saturated heterocycles. The molecule has 3 aromatic carbocycles. The maximum atomic E-state index is 13.2. The molecule has 0 bridgehead atoms. The third kappa shape index (κ3) is 6.16. The maximum absolute atomic E-state index is 13.2. The van der Waals surface area contributed by atoms with Gasteiger partial charge in [0.2, 0.25) is 10.0 Å². The van der Waals surface area contributed by atoms with Crippen LogP contribution in [0.25, 0.3) is 0 Å². The van der Waals surface area contributed by atoms with Crippen molar-refractivity contribution in [1.82, 2.24) is 9.73 Å². The minimum absolute atomic E-state index is 0.00195. The van der Waals surface area contributed by atoms with Gasteiger partial charge < -0.3 is 4.74 Å². The van der Waals surface area contributed by atoms with E-state index in [-0.39, 0.29) is 11.4 Å². The molecule has 3 aromatic rings. The molecule has 0 unspecified atom stereocenters. The Hall–Kier alpha value is -3.20. The lowest BCUT2D eigenvalue weighted by Crippen LogP contribution is -2.39. The molecular weight excluding hydrogens is 450 g/mol. The molecule has 7 nitrogen and oxygen atoms in total. The van der Waals surface area contributed by atoms with Gasteiger partial charge in [-0.2, -0.15) is 9.41 Å².